The number of nitrogens with zero attached hydrogens (tertiary/aromatic N) is 2. The summed E-state index contributed by atoms with van der Waals surface area (Å²) in [5.74, 6) is -0.209. The Bertz CT molecular complexity index is 775. The predicted octanol–water partition coefficient (Wildman–Crippen LogP) is 2.95. The van der Waals surface area contributed by atoms with Crippen LogP contribution in [0.3, 0.4) is 0 Å². The number of hydrogen-bond donors (Lipinski definition) is 1. The van der Waals surface area contributed by atoms with E-state index in [2.05, 4.69) is 15.2 Å². The highest BCUT2D eigenvalue weighted by atomic mass is 19.4. The fourth-order valence-electron chi connectivity index (χ4n) is 2.56. The van der Waals surface area contributed by atoms with E-state index >= 15 is 0 Å². The number of carbonyl (C=O) groups excluding carboxylic acids is 1. The molecular weight excluding hydrogens is 363 g/mol. The van der Waals surface area contributed by atoms with E-state index in [-0.39, 0.29) is 5.75 Å². The number of nitrogens with one attached hydrogen (secondary N) is 1. The first-order valence-electron chi connectivity index (χ1n) is 8.30. The lowest BCUT2D eigenvalue weighted by molar-refractivity contribution is -0.137. The van der Waals surface area contributed by atoms with Crippen LogP contribution in [0.1, 0.15) is 5.56 Å². The number of pyridine rings is 1. The lowest BCUT2D eigenvalue weighted by Crippen LogP contribution is -2.36. The van der Waals surface area contributed by atoms with E-state index < -0.39 is 24.3 Å². The van der Waals surface area contributed by atoms with E-state index in [1.54, 1.807) is 12.3 Å². The fraction of sp³-hybridized carbons (Fsp3) is 0.333. The monoisotopic (exact) mass is 381 g/mol. The van der Waals surface area contributed by atoms with Gasteiger partial charge in [0.25, 0.3) is 5.91 Å². The quantitative estimate of drug-likeness (QED) is 0.863. The van der Waals surface area contributed by atoms with Gasteiger partial charge < -0.3 is 19.7 Å². The van der Waals surface area contributed by atoms with Crippen molar-refractivity contribution in [2.75, 3.05) is 43.1 Å². The molecule has 2 heterocycles. The molecule has 1 N–H and O–H groups in total. The number of aromatic nitrogens is 1. The van der Waals surface area contributed by atoms with E-state index in [1.807, 2.05) is 6.07 Å². The second-order valence-corrected chi connectivity index (χ2v) is 5.86. The summed E-state index contributed by atoms with van der Waals surface area (Å²) < 4.78 is 48.4. The van der Waals surface area contributed by atoms with Gasteiger partial charge >= 0.3 is 6.18 Å². The highest BCUT2D eigenvalue weighted by Gasteiger charge is 2.30. The lowest BCUT2D eigenvalue weighted by atomic mass is 10.2. The summed E-state index contributed by atoms with van der Waals surface area (Å²) in [6.07, 6.45) is -2.82. The number of alkyl halides is 3. The molecular formula is C18H18F3N3O3. The SMILES string of the molecule is O=C(COc1cccc(C(F)(F)F)c1)Nc1ccc(N2CCOCC2)cn1. The van der Waals surface area contributed by atoms with Gasteiger partial charge in [0.05, 0.1) is 30.7 Å². The summed E-state index contributed by atoms with van der Waals surface area (Å²) in [7, 11) is 0. The minimum absolute atomic E-state index is 0.0319. The van der Waals surface area contributed by atoms with Crippen molar-refractivity contribution in [3.63, 3.8) is 0 Å². The van der Waals surface area contributed by atoms with Gasteiger partial charge in [0, 0.05) is 13.1 Å². The number of anilines is 2. The minimum atomic E-state index is -4.46. The third-order valence-corrected chi connectivity index (χ3v) is 3.92. The van der Waals surface area contributed by atoms with Crippen LogP contribution in [-0.2, 0) is 15.7 Å². The summed E-state index contributed by atoms with van der Waals surface area (Å²) in [5.41, 5.74) is 0.0947. The molecule has 1 aromatic heterocycles. The zero-order valence-electron chi connectivity index (χ0n) is 14.3. The first-order chi connectivity index (χ1) is 12.9. The van der Waals surface area contributed by atoms with Gasteiger partial charge in [0.1, 0.15) is 11.6 Å². The van der Waals surface area contributed by atoms with Gasteiger partial charge in [0.15, 0.2) is 6.61 Å². The molecule has 2 aromatic rings. The van der Waals surface area contributed by atoms with E-state index in [1.165, 1.54) is 12.1 Å². The molecule has 0 bridgehead atoms. The van der Waals surface area contributed by atoms with Gasteiger partial charge in [-0.3, -0.25) is 4.79 Å². The summed E-state index contributed by atoms with van der Waals surface area (Å²) in [5, 5.41) is 2.55. The van der Waals surface area contributed by atoms with Crippen LogP contribution in [0.25, 0.3) is 0 Å². The van der Waals surface area contributed by atoms with Gasteiger partial charge in [-0.1, -0.05) is 6.07 Å². The average molecular weight is 381 g/mol. The number of ether oxygens (including phenoxy) is 2. The summed E-state index contributed by atoms with van der Waals surface area (Å²) in [4.78, 5) is 18.2. The first kappa shape index (κ1) is 19.0. The van der Waals surface area contributed by atoms with Gasteiger partial charge in [-0.15, -0.1) is 0 Å². The number of benzene rings is 1. The zero-order chi connectivity index (χ0) is 19.3. The van der Waals surface area contributed by atoms with Crippen molar-refractivity contribution in [3.05, 3.63) is 48.2 Å². The predicted molar refractivity (Wildman–Crippen MR) is 92.8 cm³/mol. The zero-order valence-corrected chi connectivity index (χ0v) is 14.3. The smallest absolute Gasteiger partial charge is 0.416 e. The molecule has 27 heavy (non-hydrogen) atoms. The second kappa shape index (κ2) is 8.26. The normalized spacial score (nSPS) is 14.7. The maximum atomic E-state index is 12.7. The fourth-order valence-corrected chi connectivity index (χ4v) is 2.56. The third kappa shape index (κ3) is 5.33. The highest BCUT2D eigenvalue weighted by Crippen LogP contribution is 2.31. The van der Waals surface area contributed by atoms with Crippen LogP contribution in [0, 0.1) is 0 Å². The van der Waals surface area contributed by atoms with Crippen LogP contribution in [0.15, 0.2) is 42.6 Å². The molecule has 1 saturated heterocycles. The van der Waals surface area contributed by atoms with Gasteiger partial charge in [-0.25, -0.2) is 4.98 Å². The van der Waals surface area contributed by atoms with E-state index in [4.69, 9.17) is 9.47 Å². The Hall–Kier alpha value is -2.81. The number of amides is 1. The molecule has 0 unspecified atom stereocenters. The third-order valence-electron chi connectivity index (χ3n) is 3.92. The van der Waals surface area contributed by atoms with Crippen molar-refractivity contribution in [2.45, 2.75) is 6.18 Å². The van der Waals surface area contributed by atoms with Crippen LogP contribution in [0.5, 0.6) is 5.75 Å². The van der Waals surface area contributed by atoms with Crippen LogP contribution < -0.4 is 15.0 Å². The second-order valence-electron chi connectivity index (χ2n) is 5.86. The Kier molecular flexibility index (Phi) is 5.80. The Labute approximate surface area is 153 Å². The van der Waals surface area contributed by atoms with Crippen LogP contribution in [0.4, 0.5) is 24.7 Å². The minimum Gasteiger partial charge on any atom is -0.484 e. The van der Waals surface area contributed by atoms with Crippen molar-refractivity contribution in [2.24, 2.45) is 0 Å². The lowest BCUT2D eigenvalue weighted by Gasteiger charge is -2.28. The van der Waals surface area contributed by atoms with E-state index in [0.717, 1.165) is 30.9 Å². The summed E-state index contributed by atoms with van der Waals surface area (Å²) in [6.45, 7) is 2.45. The maximum absolute atomic E-state index is 12.7. The van der Waals surface area contributed by atoms with Crippen molar-refractivity contribution in [3.8, 4) is 5.75 Å². The molecule has 6 nitrogen and oxygen atoms in total. The first-order valence-corrected chi connectivity index (χ1v) is 8.30. The molecule has 0 saturated carbocycles. The molecule has 144 valence electrons. The van der Waals surface area contributed by atoms with E-state index in [0.29, 0.717) is 19.0 Å². The Balaban J connectivity index is 1.52. The molecule has 1 aliphatic heterocycles. The number of hydrogen-bond acceptors (Lipinski definition) is 5. The number of halogens is 3. The molecule has 1 amide bonds. The van der Waals surface area contributed by atoms with Crippen LogP contribution >= 0.6 is 0 Å². The molecule has 1 fully saturated rings. The van der Waals surface area contributed by atoms with Crippen molar-refractivity contribution in [1.29, 1.82) is 0 Å². The van der Waals surface area contributed by atoms with Crippen molar-refractivity contribution in [1.82, 2.24) is 4.98 Å². The van der Waals surface area contributed by atoms with Crippen molar-refractivity contribution < 1.29 is 27.4 Å². The molecule has 1 aromatic carbocycles. The molecule has 0 aliphatic carbocycles. The Morgan fingerprint density at radius 3 is 2.67 bits per heavy atom. The van der Waals surface area contributed by atoms with Gasteiger partial charge in [-0.2, -0.15) is 13.2 Å². The largest absolute Gasteiger partial charge is 0.484 e. The highest BCUT2D eigenvalue weighted by molar-refractivity contribution is 5.91. The topological polar surface area (TPSA) is 63.7 Å². The summed E-state index contributed by atoms with van der Waals surface area (Å²) in [6, 6.07) is 7.87. The average Bonchev–Trinajstić information content (AvgIpc) is 2.67. The number of morpholine rings is 1. The van der Waals surface area contributed by atoms with Gasteiger partial charge in [-0.05, 0) is 30.3 Å². The number of carbonyl (C=O) groups is 1. The van der Waals surface area contributed by atoms with Crippen molar-refractivity contribution >= 4 is 17.4 Å². The molecule has 9 heteroatoms. The van der Waals surface area contributed by atoms with Gasteiger partial charge in [0.2, 0.25) is 0 Å². The molecule has 0 spiro atoms. The molecule has 1 aliphatic rings. The summed E-state index contributed by atoms with van der Waals surface area (Å²) >= 11 is 0. The van der Waals surface area contributed by atoms with Crippen LogP contribution in [0.2, 0.25) is 0 Å². The Morgan fingerprint density at radius 1 is 1.22 bits per heavy atom. The molecule has 0 atom stereocenters. The molecule has 0 radical (unpaired) electrons. The number of rotatable bonds is 5. The van der Waals surface area contributed by atoms with Crippen LogP contribution in [-0.4, -0.2) is 43.8 Å². The maximum Gasteiger partial charge on any atom is 0.416 e. The Morgan fingerprint density at radius 2 is 2.00 bits per heavy atom. The van der Waals surface area contributed by atoms with E-state index in [9.17, 15) is 18.0 Å². The molecule has 3 rings (SSSR count). The standard InChI is InChI=1S/C18H18F3N3O3/c19-18(20,21)13-2-1-3-15(10-13)27-12-17(25)23-16-5-4-14(11-22-16)24-6-8-26-9-7-24/h1-5,10-11H,6-9,12H2,(H,22,23,25).